The van der Waals surface area contributed by atoms with E-state index in [9.17, 15) is 0 Å². The summed E-state index contributed by atoms with van der Waals surface area (Å²) in [6, 6.07) is 73.8. The quantitative estimate of drug-likeness (QED) is 0.0839. The van der Waals surface area contributed by atoms with Crippen molar-refractivity contribution in [3.63, 3.8) is 0 Å². The van der Waals surface area contributed by atoms with Crippen molar-refractivity contribution in [2.45, 2.75) is 120 Å². The smallest absolute Gasteiger partial charge is 0.0546 e. The average molecular weight is 1040 g/mol. The fourth-order valence-electron chi connectivity index (χ4n) is 13.4. The van der Waals surface area contributed by atoms with Crippen LogP contribution in [0, 0.1) is 0 Å². The molecule has 2 nitrogen and oxygen atoms in total. The third kappa shape index (κ3) is 9.27. The van der Waals surface area contributed by atoms with Crippen molar-refractivity contribution < 1.29 is 0 Å². The highest BCUT2D eigenvalue weighted by Gasteiger charge is 2.28. The van der Waals surface area contributed by atoms with Crippen molar-refractivity contribution in [2.24, 2.45) is 0 Å². The Hall–Kier alpha value is -8.20. The lowest BCUT2D eigenvalue weighted by molar-refractivity contribution is 0.978. The molecule has 80 heavy (non-hydrogen) atoms. The number of anilines is 6. The van der Waals surface area contributed by atoms with Crippen LogP contribution in [0.5, 0.6) is 0 Å². The standard InChI is InChI=1S/C78H76N2/c1-10-50-37-51(11-2)40-65(39-50)79(64-32-31-54(14-5)55(15-6)45-64)75-48-73(62-29-27-58-23-19-21-25-60(58)43-62)69-34-36-72-76(49-74(70-33-35-71(75)77(69)78(70)72)63-30-28-59-24-20-22-26-61(59)44-63)80(66-41-52(12-3)38-53(13-4)42-66)67-46-56(16-7)68(18-9)57(17-8)47-67/h19-49H,10-18H2,1-9H3. The van der Waals surface area contributed by atoms with E-state index in [0.29, 0.717) is 0 Å². The Morgan fingerprint density at radius 2 is 0.650 bits per heavy atom. The van der Waals surface area contributed by atoms with E-state index in [1.807, 2.05) is 0 Å². The molecule has 0 bridgehead atoms. The summed E-state index contributed by atoms with van der Waals surface area (Å²) in [7, 11) is 0. The van der Waals surface area contributed by atoms with Gasteiger partial charge in [0.1, 0.15) is 0 Å². The summed E-state index contributed by atoms with van der Waals surface area (Å²) in [6.07, 6.45) is 8.80. The van der Waals surface area contributed by atoms with E-state index in [2.05, 4.69) is 260 Å². The van der Waals surface area contributed by atoms with E-state index in [4.69, 9.17) is 0 Å². The van der Waals surface area contributed by atoms with Gasteiger partial charge in [0.25, 0.3) is 0 Å². The first kappa shape index (κ1) is 52.5. The maximum absolute atomic E-state index is 2.65. The topological polar surface area (TPSA) is 6.48 Å². The van der Waals surface area contributed by atoms with E-state index in [0.717, 1.165) is 57.8 Å². The van der Waals surface area contributed by atoms with Crippen LogP contribution >= 0.6 is 0 Å². The maximum atomic E-state index is 2.65. The second-order valence-electron chi connectivity index (χ2n) is 22.1. The van der Waals surface area contributed by atoms with E-state index < -0.39 is 0 Å². The van der Waals surface area contributed by atoms with E-state index in [-0.39, 0.29) is 0 Å². The molecule has 0 fully saturated rings. The lowest BCUT2D eigenvalue weighted by Gasteiger charge is -2.32. The Bertz CT molecular complexity index is 4220. The molecule has 0 spiro atoms. The summed E-state index contributed by atoms with van der Waals surface area (Å²) in [4.78, 5) is 5.26. The van der Waals surface area contributed by atoms with Crippen LogP contribution in [-0.4, -0.2) is 0 Å². The number of hydrogen-bond acceptors (Lipinski definition) is 2. The van der Waals surface area contributed by atoms with Gasteiger partial charge in [0.15, 0.2) is 0 Å². The zero-order valence-electron chi connectivity index (χ0n) is 48.7. The first-order valence-corrected chi connectivity index (χ1v) is 30.1. The summed E-state index contributed by atoms with van der Waals surface area (Å²) in [5.41, 5.74) is 24.7. The minimum atomic E-state index is 0.961. The Labute approximate surface area is 475 Å². The number of rotatable bonds is 17. The fourth-order valence-corrected chi connectivity index (χ4v) is 13.4. The lowest BCUT2D eigenvalue weighted by Crippen LogP contribution is -2.14. The van der Waals surface area contributed by atoms with Crippen LogP contribution in [0.2, 0.25) is 0 Å². The van der Waals surface area contributed by atoms with Crippen LogP contribution in [-0.2, 0) is 57.8 Å². The normalized spacial score (nSPS) is 11.8. The molecule has 0 radical (unpaired) electrons. The van der Waals surface area contributed by atoms with Crippen LogP contribution in [0.3, 0.4) is 0 Å². The second kappa shape index (κ2) is 22.1. The van der Waals surface area contributed by atoms with Gasteiger partial charge in [-0.05, 0) is 235 Å². The molecule has 0 aliphatic carbocycles. The molecule has 398 valence electrons. The largest absolute Gasteiger partial charge is 0.310 e. The molecule has 0 aliphatic heterocycles. The molecule has 12 aromatic carbocycles. The molecule has 0 aliphatic rings. The molecule has 0 saturated carbocycles. The third-order valence-electron chi connectivity index (χ3n) is 17.7. The molecule has 0 heterocycles. The first-order chi connectivity index (χ1) is 39.2. The zero-order chi connectivity index (χ0) is 55.2. The van der Waals surface area contributed by atoms with Gasteiger partial charge in [-0.3, -0.25) is 0 Å². The van der Waals surface area contributed by atoms with Gasteiger partial charge in [0.2, 0.25) is 0 Å². The molecule has 0 N–H and O–H groups in total. The molecule has 0 unspecified atom stereocenters. The lowest BCUT2D eigenvalue weighted by atomic mass is 9.84. The fraction of sp³-hybridized carbons (Fsp3) is 0.231. The second-order valence-corrected chi connectivity index (χ2v) is 22.1. The van der Waals surface area contributed by atoms with Crippen LogP contribution in [0.1, 0.15) is 112 Å². The zero-order valence-corrected chi connectivity index (χ0v) is 48.7. The van der Waals surface area contributed by atoms with Gasteiger partial charge in [-0.2, -0.15) is 0 Å². The van der Waals surface area contributed by atoms with Gasteiger partial charge in [-0.1, -0.05) is 178 Å². The van der Waals surface area contributed by atoms with Crippen LogP contribution in [0.15, 0.2) is 188 Å². The van der Waals surface area contributed by atoms with Gasteiger partial charge < -0.3 is 9.80 Å². The Morgan fingerprint density at radius 1 is 0.263 bits per heavy atom. The van der Waals surface area contributed by atoms with Crippen molar-refractivity contribution in [1.29, 1.82) is 0 Å². The number of fused-ring (bicyclic) bond motifs is 2. The summed E-state index contributed by atoms with van der Waals surface area (Å²) in [5, 5.41) is 12.6. The van der Waals surface area contributed by atoms with Crippen LogP contribution in [0.25, 0.3) is 76.1 Å². The van der Waals surface area contributed by atoms with E-state index in [1.165, 1.54) is 160 Å². The highest BCUT2D eigenvalue weighted by atomic mass is 15.2. The van der Waals surface area contributed by atoms with Gasteiger partial charge in [0.05, 0.1) is 11.4 Å². The van der Waals surface area contributed by atoms with Crippen molar-refractivity contribution in [3.8, 4) is 22.3 Å². The van der Waals surface area contributed by atoms with Crippen molar-refractivity contribution in [2.75, 3.05) is 9.80 Å². The van der Waals surface area contributed by atoms with Crippen LogP contribution in [0.4, 0.5) is 34.1 Å². The van der Waals surface area contributed by atoms with Gasteiger partial charge in [0, 0.05) is 44.3 Å². The summed E-state index contributed by atoms with van der Waals surface area (Å²) in [5.74, 6) is 0. The predicted molar refractivity (Wildman–Crippen MR) is 350 cm³/mol. The number of nitrogens with zero attached hydrogens (tertiary/aromatic N) is 2. The molecule has 0 aromatic heterocycles. The number of hydrogen-bond donors (Lipinski definition) is 0. The van der Waals surface area contributed by atoms with Crippen molar-refractivity contribution in [1.82, 2.24) is 0 Å². The summed E-state index contributed by atoms with van der Waals surface area (Å²) in [6.45, 7) is 20.8. The minimum Gasteiger partial charge on any atom is -0.310 e. The minimum absolute atomic E-state index is 0.961. The molecule has 0 saturated heterocycles. The highest BCUT2D eigenvalue weighted by Crippen LogP contribution is 2.53. The number of benzene rings is 12. The summed E-state index contributed by atoms with van der Waals surface area (Å²) >= 11 is 0. The summed E-state index contributed by atoms with van der Waals surface area (Å²) < 4.78 is 0. The number of aryl methyl sites for hydroxylation is 8. The SMILES string of the molecule is CCc1cc(CC)cc(N(c2ccc(CC)c(CC)c2)c2cc(-c3ccc4ccccc4c3)c3ccc4c(N(c5cc(CC)cc(CC)c5)c5cc(CC)c(CC)c(CC)c5)cc(-c5ccc6ccccc6c5)c5ccc2c3c54)c1. The third-order valence-corrected chi connectivity index (χ3v) is 17.7. The van der Waals surface area contributed by atoms with Crippen molar-refractivity contribution in [3.05, 3.63) is 238 Å². The monoisotopic (exact) mass is 1040 g/mol. The Morgan fingerprint density at radius 3 is 1.06 bits per heavy atom. The Balaban J connectivity index is 1.28. The highest BCUT2D eigenvalue weighted by molar-refractivity contribution is 6.32. The molecular weight excluding hydrogens is 965 g/mol. The molecular formula is C78H76N2. The van der Waals surface area contributed by atoms with Gasteiger partial charge >= 0.3 is 0 Å². The molecule has 2 heteroatoms. The van der Waals surface area contributed by atoms with Crippen LogP contribution < -0.4 is 9.80 Å². The first-order valence-electron chi connectivity index (χ1n) is 30.1. The average Bonchev–Trinajstić information content (AvgIpc) is 3.59. The molecule has 0 amide bonds. The van der Waals surface area contributed by atoms with E-state index in [1.54, 1.807) is 0 Å². The van der Waals surface area contributed by atoms with Gasteiger partial charge in [-0.15, -0.1) is 0 Å². The van der Waals surface area contributed by atoms with Crippen molar-refractivity contribution >= 4 is 88.0 Å². The molecule has 12 rings (SSSR count). The molecule has 0 atom stereocenters. The molecule has 12 aromatic rings. The van der Waals surface area contributed by atoms with E-state index >= 15 is 0 Å². The predicted octanol–water partition coefficient (Wildman–Crippen LogP) is 22.2. The Kier molecular flexibility index (Phi) is 14.5. The maximum Gasteiger partial charge on any atom is 0.0546 e. The van der Waals surface area contributed by atoms with Gasteiger partial charge in [-0.25, -0.2) is 0 Å².